The summed E-state index contributed by atoms with van der Waals surface area (Å²) in [5.74, 6) is -0.0429. The summed E-state index contributed by atoms with van der Waals surface area (Å²) < 4.78 is 6.76. The van der Waals surface area contributed by atoms with Gasteiger partial charge in [0.1, 0.15) is 5.02 Å². The van der Waals surface area contributed by atoms with Crippen LogP contribution in [0.4, 0.5) is 11.5 Å². The summed E-state index contributed by atoms with van der Waals surface area (Å²) in [6.07, 6.45) is 1.28. The van der Waals surface area contributed by atoms with Crippen LogP contribution in [0.3, 0.4) is 0 Å². The zero-order chi connectivity index (χ0) is 19.6. The molecule has 0 aliphatic carbocycles. The van der Waals surface area contributed by atoms with Crippen LogP contribution in [0.5, 0.6) is 11.8 Å². The molecule has 27 heavy (non-hydrogen) atoms. The maximum absolute atomic E-state index is 12.4. The second kappa shape index (κ2) is 7.50. The average molecular weight is 390 g/mol. The Morgan fingerprint density at radius 3 is 2.89 bits per heavy atom. The van der Waals surface area contributed by atoms with Gasteiger partial charge in [-0.3, -0.25) is 9.59 Å². The van der Waals surface area contributed by atoms with E-state index in [4.69, 9.17) is 16.3 Å². The maximum Gasteiger partial charge on any atom is 0.315 e. The number of hydrogen-bond acceptors (Lipinski definition) is 7. The second-order valence-electron chi connectivity index (χ2n) is 5.60. The Morgan fingerprint density at radius 1 is 1.37 bits per heavy atom. The Hall–Kier alpha value is -3.33. The number of nitrogens with one attached hydrogen (secondary N) is 2. The van der Waals surface area contributed by atoms with Crippen molar-refractivity contribution in [1.82, 2.24) is 19.9 Å². The molecule has 0 atom stereocenters. The first kappa shape index (κ1) is 18.5. The largest absolute Gasteiger partial charge is 0.479 e. The zero-order valence-corrected chi connectivity index (χ0v) is 15.2. The van der Waals surface area contributed by atoms with Crippen molar-refractivity contribution in [3.8, 4) is 11.8 Å². The highest BCUT2D eigenvalue weighted by Crippen LogP contribution is 2.27. The van der Waals surface area contributed by atoms with Crippen molar-refractivity contribution in [3.63, 3.8) is 0 Å². The lowest BCUT2D eigenvalue weighted by Gasteiger charge is -2.12. The van der Waals surface area contributed by atoms with Crippen LogP contribution in [0.15, 0.2) is 35.3 Å². The summed E-state index contributed by atoms with van der Waals surface area (Å²) in [6, 6.07) is 6.40. The van der Waals surface area contributed by atoms with Crippen molar-refractivity contribution in [2.24, 2.45) is 7.05 Å². The zero-order valence-electron chi connectivity index (χ0n) is 14.5. The molecule has 0 bridgehead atoms. The number of anilines is 2. The third kappa shape index (κ3) is 3.93. The summed E-state index contributed by atoms with van der Waals surface area (Å²) in [4.78, 5) is 31.2. The van der Waals surface area contributed by atoms with Crippen LogP contribution in [0.2, 0.25) is 5.02 Å². The number of likely N-dealkylation sites (N-methyl/N-ethyl adjacent to an activating group) is 1. The topological polar surface area (TPSA) is 118 Å². The lowest BCUT2D eigenvalue weighted by Crippen LogP contribution is -2.27. The fourth-order valence-corrected chi connectivity index (χ4v) is 2.57. The SMILES string of the molecule is CNC(=O)COc1cc2cc(Nc3nc(O)ncc3Cl)ccc2n(C)c1=O. The van der Waals surface area contributed by atoms with Gasteiger partial charge in [-0.1, -0.05) is 11.6 Å². The fourth-order valence-electron chi connectivity index (χ4n) is 2.43. The predicted octanol–water partition coefficient (Wildman–Crippen LogP) is 1.56. The monoisotopic (exact) mass is 389 g/mol. The number of carbonyl (C=O) groups excluding carboxylic acids is 1. The van der Waals surface area contributed by atoms with Crippen LogP contribution in [-0.4, -0.2) is 39.2 Å². The molecule has 0 saturated carbocycles. The summed E-state index contributed by atoms with van der Waals surface area (Å²) in [5, 5.41) is 15.8. The van der Waals surface area contributed by atoms with E-state index in [-0.39, 0.29) is 34.7 Å². The predicted molar refractivity (Wildman–Crippen MR) is 101 cm³/mol. The number of benzene rings is 1. The maximum atomic E-state index is 12.4. The molecule has 0 saturated heterocycles. The molecule has 1 amide bonds. The van der Waals surface area contributed by atoms with E-state index >= 15 is 0 Å². The number of amides is 1. The number of rotatable bonds is 5. The van der Waals surface area contributed by atoms with Crippen molar-refractivity contribution >= 4 is 39.9 Å². The Morgan fingerprint density at radius 2 is 2.15 bits per heavy atom. The Balaban J connectivity index is 1.98. The Bertz CT molecular complexity index is 1080. The fraction of sp³-hybridized carbons (Fsp3) is 0.176. The summed E-state index contributed by atoms with van der Waals surface area (Å²) >= 11 is 6.02. The van der Waals surface area contributed by atoms with Gasteiger partial charge < -0.3 is 25.0 Å². The van der Waals surface area contributed by atoms with Gasteiger partial charge in [-0.05, 0) is 24.3 Å². The minimum absolute atomic E-state index is 0.0588. The molecule has 0 aliphatic heterocycles. The first-order chi connectivity index (χ1) is 12.9. The van der Waals surface area contributed by atoms with Gasteiger partial charge in [0.15, 0.2) is 18.2 Å². The average Bonchev–Trinajstić information content (AvgIpc) is 2.66. The van der Waals surface area contributed by atoms with Gasteiger partial charge >= 0.3 is 6.01 Å². The molecule has 0 fully saturated rings. The van der Waals surface area contributed by atoms with Gasteiger partial charge in [0.2, 0.25) is 0 Å². The molecule has 3 aromatic rings. The molecule has 9 nitrogen and oxygen atoms in total. The number of pyridine rings is 1. The van der Waals surface area contributed by atoms with Gasteiger partial charge in [0.25, 0.3) is 11.5 Å². The van der Waals surface area contributed by atoms with Crippen LogP contribution in [0.1, 0.15) is 0 Å². The van der Waals surface area contributed by atoms with Crippen LogP contribution in [0.25, 0.3) is 10.9 Å². The minimum atomic E-state index is -0.407. The molecule has 1 aromatic carbocycles. The first-order valence-corrected chi connectivity index (χ1v) is 8.22. The highest BCUT2D eigenvalue weighted by atomic mass is 35.5. The standard InChI is InChI=1S/C17H16ClN5O4/c1-19-14(24)8-27-13-6-9-5-10(3-4-12(9)23(2)16(13)25)21-15-11(18)7-20-17(26)22-15/h3-7H,8H2,1-2H3,(H,19,24)(H2,20,21,22,26). The van der Waals surface area contributed by atoms with Crippen LogP contribution >= 0.6 is 11.6 Å². The molecule has 140 valence electrons. The van der Waals surface area contributed by atoms with E-state index in [1.807, 2.05) is 0 Å². The van der Waals surface area contributed by atoms with E-state index in [2.05, 4.69) is 20.6 Å². The van der Waals surface area contributed by atoms with E-state index in [1.54, 1.807) is 31.3 Å². The van der Waals surface area contributed by atoms with Gasteiger partial charge in [-0.25, -0.2) is 4.98 Å². The number of aromatic nitrogens is 3. The van der Waals surface area contributed by atoms with Crippen molar-refractivity contribution in [2.75, 3.05) is 19.0 Å². The van der Waals surface area contributed by atoms with E-state index in [9.17, 15) is 14.7 Å². The van der Waals surface area contributed by atoms with Crippen LogP contribution in [-0.2, 0) is 11.8 Å². The quantitative estimate of drug-likeness (QED) is 0.605. The number of fused-ring (bicyclic) bond motifs is 1. The number of nitrogens with zero attached hydrogens (tertiary/aromatic N) is 3. The number of hydrogen-bond donors (Lipinski definition) is 3. The lowest BCUT2D eigenvalue weighted by atomic mass is 10.2. The number of halogens is 1. The Kier molecular flexibility index (Phi) is 5.13. The molecular formula is C17H16ClN5O4. The van der Waals surface area contributed by atoms with Crippen molar-refractivity contribution < 1.29 is 14.6 Å². The second-order valence-corrected chi connectivity index (χ2v) is 6.01. The van der Waals surface area contributed by atoms with Crippen LogP contribution < -0.4 is 20.9 Å². The van der Waals surface area contributed by atoms with E-state index in [0.717, 1.165) is 0 Å². The molecular weight excluding hydrogens is 374 g/mol. The lowest BCUT2D eigenvalue weighted by molar-refractivity contribution is -0.122. The first-order valence-electron chi connectivity index (χ1n) is 7.84. The number of ether oxygens (including phenoxy) is 1. The number of carbonyl (C=O) groups is 1. The third-order valence-electron chi connectivity index (χ3n) is 3.82. The molecule has 2 heterocycles. The number of aryl methyl sites for hydroxylation is 1. The molecule has 2 aromatic heterocycles. The third-order valence-corrected chi connectivity index (χ3v) is 4.10. The molecule has 0 aliphatic rings. The van der Waals surface area contributed by atoms with Gasteiger partial charge in [0, 0.05) is 25.2 Å². The highest BCUT2D eigenvalue weighted by Gasteiger charge is 2.11. The molecule has 0 radical (unpaired) electrons. The van der Waals surface area contributed by atoms with Gasteiger partial charge in [-0.2, -0.15) is 4.98 Å². The van der Waals surface area contributed by atoms with E-state index in [1.165, 1.54) is 17.8 Å². The summed E-state index contributed by atoms with van der Waals surface area (Å²) in [7, 11) is 3.10. The van der Waals surface area contributed by atoms with Crippen LogP contribution in [0, 0.1) is 0 Å². The Labute approximate surface area is 158 Å². The summed E-state index contributed by atoms with van der Waals surface area (Å²) in [5.41, 5.74) is 0.948. The molecule has 3 N–H and O–H groups in total. The van der Waals surface area contributed by atoms with Gasteiger partial charge in [0.05, 0.1) is 11.7 Å². The number of aromatic hydroxyl groups is 1. The minimum Gasteiger partial charge on any atom is -0.479 e. The van der Waals surface area contributed by atoms with E-state index < -0.39 is 6.01 Å². The normalized spacial score (nSPS) is 10.6. The van der Waals surface area contributed by atoms with Gasteiger partial charge in [-0.15, -0.1) is 0 Å². The van der Waals surface area contributed by atoms with Crippen molar-refractivity contribution in [2.45, 2.75) is 0 Å². The molecule has 3 rings (SSSR count). The highest BCUT2D eigenvalue weighted by molar-refractivity contribution is 6.32. The van der Waals surface area contributed by atoms with Crippen molar-refractivity contribution in [1.29, 1.82) is 0 Å². The smallest absolute Gasteiger partial charge is 0.315 e. The summed E-state index contributed by atoms with van der Waals surface area (Å²) in [6.45, 7) is -0.259. The molecule has 10 heteroatoms. The molecule has 0 spiro atoms. The van der Waals surface area contributed by atoms with Crippen molar-refractivity contribution in [3.05, 3.63) is 45.8 Å². The van der Waals surface area contributed by atoms with E-state index in [0.29, 0.717) is 16.6 Å². The molecule has 0 unspecified atom stereocenters.